The van der Waals surface area contributed by atoms with E-state index in [1.54, 1.807) is 0 Å². The second kappa shape index (κ2) is 6.39. The third-order valence-corrected chi connectivity index (χ3v) is 3.43. The minimum atomic E-state index is -4.08. The maximum Gasteiger partial charge on any atom is 0.401 e. The molecule has 0 atom stereocenters. The Morgan fingerprint density at radius 2 is 1.74 bits per heavy atom. The van der Waals surface area contributed by atoms with Crippen molar-refractivity contribution in [2.45, 2.75) is 31.6 Å². The Bertz CT molecular complexity index is 370. The Morgan fingerprint density at radius 3 is 2.32 bits per heavy atom. The molecule has 1 heterocycles. The van der Waals surface area contributed by atoms with Gasteiger partial charge in [0.1, 0.15) is 0 Å². The van der Waals surface area contributed by atoms with Gasteiger partial charge in [0.15, 0.2) is 0 Å². The van der Waals surface area contributed by atoms with Crippen molar-refractivity contribution in [3.63, 3.8) is 0 Å². The Labute approximate surface area is 111 Å². The summed E-state index contributed by atoms with van der Waals surface area (Å²) in [5.41, 5.74) is 1.21. The fourth-order valence-corrected chi connectivity index (χ4v) is 2.41. The second-order valence-corrected chi connectivity index (χ2v) is 5.03. The maximum atomic E-state index is 12.2. The normalized spacial score (nSPS) is 18.7. The number of piperidine rings is 1. The Balaban J connectivity index is 1.69. The van der Waals surface area contributed by atoms with Crippen LogP contribution in [0.25, 0.3) is 0 Å². The molecule has 0 spiro atoms. The van der Waals surface area contributed by atoms with Gasteiger partial charge in [0.2, 0.25) is 0 Å². The second-order valence-electron chi connectivity index (χ2n) is 5.03. The predicted octanol–water partition coefficient (Wildman–Crippen LogP) is 2.80. The van der Waals surface area contributed by atoms with Crippen LogP contribution in [0.2, 0.25) is 0 Å². The van der Waals surface area contributed by atoms with E-state index in [2.05, 4.69) is 5.32 Å². The van der Waals surface area contributed by atoms with Crippen molar-refractivity contribution in [1.82, 2.24) is 10.2 Å². The van der Waals surface area contributed by atoms with Crippen LogP contribution in [0.4, 0.5) is 13.2 Å². The highest BCUT2D eigenvalue weighted by Crippen LogP contribution is 2.19. The first kappa shape index (κ1) is 14.3. The number of alkyl halides is 3. The summed E-state index contributed by atoms with van der Waals surface area (Å²) in [4.78, 5) is 1.49. The van der Waals surface area contributed by atoms with Crippen LogP contribution in [0.1, 0.15) is 18.4 Å². The quantitative estimate of drug-likeness (QED) is 0.906. The van der Waals surface area contributed by atoms with Gasteiger partial charge < -0.3 is 5.32 Å². The third kappa shape index (κ3) is 5.20. The lowest BCUT2D eigenvalue weighted by Gasteiger charge is -2.32. The molecule has 0 radical (unpaired) electrons. The molecule has 0 aromatic heterocycles. The molecule has 2 nitrogen and oxygen atoms in total. The lowest BCUT2D eigenvalue weighted by Crippen LogP contribution is -2.45. The van der Waals surface area contributed by atoms with Gasteiger partial charge in [-0.1, -0.05) is 30.3 Å². The van der Waals surface area contributed by atoms with Crippen molar-refractivity contribution in [3.8, 4) is 0 Å². The average molecular weight is 272 g/mol. The third-order valence-electron chi connectivity index (χ3n) is 3.43. The number of rotatable bonds is 4. The molecule has 1 fully saturated rings. The van der Waals surface area contributed by atoms with E-state index >= 15 is 0 Å². The highest BCUT2D eigenvalue weighted by atomic mass is 19.4. The number of benzene rings is 1. The van der Waals surface area contributed by atoms with Crippen molar-refractivity contribution in [2.24, 2.45) is 0 Å². The number of halogens is 3. The molecule has 0 amide bonds. The van der Waals surface area contributed by atoms with Crippen molar-refractivity contribution >= 4 is 0 Å². The van der Waals surface area contributed by atoms with E-state index in [9.17, 15) is 13.2 Å². The van der Waals surface area contributed by atoms with Crippen LogP contribution >= 0.6 is 0 Å². The van der Waals surface area contributed by atoms with Crippen LogP contribution in [0.15, 0.2) is 30.3 Å². The van der Waals surface area contributed by atoms with E-state index in [-0.39, 0.29) is 0 Å². The molecule has 1 N–H and O–H groups in total. The van der Waals surface area contributed by atoms with Crippen molar-refractivity contribution in [3.05, 3.63) is 35.9 Å². The van der Waals surface area contributed by atoms with Gasteiger partial charge in [-0.15, -0.1) is 0 Å². The van der Waals surface area contributed by atoms with Crippen LogP contribution in [0.5, 0.6) is 0 Å². The summed E-state index contributed by atoms with van der Waals surface area (Å²) in [5.74, 6) is 0. The summed E-state index contributed by atoms with van der Waals surface area (Å²) >= 11 is 0. The van der Waals surface area contributed by atoms with Crippen LogP contribution in [0, 0.1) is 0 Å². The van der Waals surface area contributed by atoms with Gasteiger partial charge >= 0.3 is 6.18 Å². The molecule has 1 aromatic rings. The number of hydrogen-bond donors (Lipinski definition) is 1. The molecule has 1 aliphatic heterocycles. The van der Waals surface area contributed by atoms with Gasteiger partial charge in [0.25, 0.3) is 0 Å². The van der Waals surface area contributed by atoms with Crippen molar-refractivity contribution in [1.29, 1.82) is 0 Å². The minimum Gasteiger partial charge on any atom is -0.310 e. The monoisotopic (exact) mass is 272 g/mol. The van der Waals surface area contributed by atoms with Crippen LogP contribution in [-0.4, -0.2) is 36.8 Å². The fourth-order valence-electron chi connectivity index (χ4n) is 2.41. The van der Waals surface area contributed by atoms with E-state index in [1.807, 2.05) is 30.3 Å². The number of likely N-dealkylation sites (tertiary alicyclic amines) is 1. The van der Waals surface area contributed by atoms with Crippen LogP contribution in [0.3, 0.4) is 0 Å². The first-order chi connectivity index (χ1) is 9.03. The van der Waals surface area contributed by atoms with E-state index in [0.29, 0.717) is 19.1 Å². The topological polar surface area (TPSA) is 15.3 Å². The molecule has 0 aliphatic carbocycles. The molecule has 1 saturated heterocycles. The smallest absolute Gasteiger partial charge is 0.310 e. The van der Waals surface area contributed by atoms with Gasteiger partial charge in [-0.3, -0.25) is 4.90 Å². The molecule has 106 valence electrons. The highest BCUT2D eigenvalue weighted by molar-refractivity contribution is 5.14. The van der Waals surface area contributed by atoms with E-state index < -0.39 is 12.7 Å². The van der Waals surface area contributed by atoms with Gasteiger partial charge in [-0.05, 0) is 31.5 Å². The Hall–Kier alpha value is -1.07. The van der Waals surface area contributed by atoms with Crippen LogP contribution in [-0.2, 0) is 6.54 Å². The zero-order valence-corrected chi connectivity index (χ0v) is 10.8. The van der Waals surface area contributed by atoms with E-state index in [4.69, 9.17) is 0 Å². The number of nitrogens with one attached hydrogen (secondary N) is 1. The van der Waals surface area contributed by atoms with Gasteiger partial charge in [-0.25, -0.2) is 0 Å². The molecule has 5 heteroatoms. The van der Waals surface area contributed by atoms with Crippen LogP contribution < -0.4 is 5.32 Å². The summed E-state index contributed by atoms with van der Waals surface area (Å²) in [5, 5.41) is 3.41. The SMILES string of the molecule is FC(F)(F)CN1CCC(NCc2ccccc2)CC1. The first-order valence-electron chi connectivity index (χ1n) is 6.59. The summed E-state index contributed by atoms with van der Waals surface area (Å²) in [7, 11) is 0. The van der Waals surface area contributed by atoms with Gasteiger partial charge in [0.05, 0.1) is 6.54 Å². The fraction of sp³-hybridized carbons (Fsp3) is 0.571. The predicted molar refractivity (Wildman–Crippen MR) is 68.8 cm³/mol. The van der Waals surface area contributed by atoms with Crippen molar-refractivity contribution in [2.75, 3.05) is 19.6 Å². The Kier molecular flexibility index (Phi) is 4.82. The zero-order chi connectivity index (χ0) is 13.7. The lowest BCUT2D eigenvalue weighted by molar-refractivity contribution is -0.148. The average Bonchev–Trinajstić information content (AvgIpc) is 2.37. The van der Waals surface area contributed by atoms with Gasteiger partial charge in [0, 0.05) is 12.6 Å². The molecule has 2 rings (SSSR count). The summed E-state index contributed by atoms with van der Waals surface area (Å²) in [6.45, 7) is 1.04. The molecule has 0 bridgehead atoms. The largest absolute Gasteiger partial charge is 0.401 e. The minimum absolute atomic E-state index is 0.324. The lowest BCUT2D eigenvalue weighted by atomic mass is 10.0. The summed E-state index contributed by atoms with van der Waals surface area (Å²) in [6, 6.07) is 10.4. The summed E-state index contributed by atoms with van der Waals surface area (Å²) in [6.07, 6.45) is -2.52. The molecular formula is C14H19F3N2. The highest BCUT2D eigenvalue weighted by Gasteiger charge is 2.32. The van der Waals surface area contributed by atoms with E-state index in [0.717, 1.165) is 19.4 Å². The zero-order valence-electron chi connectivity index (χ0n) is 10.8. The standard InChI is InChI=1S/C14H19F3N2/c15-14(16,17)11-19-8-6-13(7-9-19)18-10-12-4-2-1-3-5-12/h1-5,13,18H,6-11H2. The first-order valence-corrected chi connectivity index (χ1v) is 6.59. The molecule has 19 heavy (non-hydrogen) atoms. The molecule has 1 aliphatic rings. The van der Waals surface area contributed by atoms with Crippen molar-refractivity contribution < 1.29 is 13.2 Å². The Morgan fingerprint density at radius 1 is 1.11 bits per heavy atom. The molecule has 1 aromatic carbocycles. The molecule has 0 unspecified atom stereocenters. The number of nitrogens with zero attached hydrogens (tertiary/aromatic N) is 1. The summed E-state index contributed by atoms with van der Waals surface area (Å²) < 4.78 is 36.7. The molecule has 0 saturated carbocycles. The molecular weight excluding hydrogens is 253 g/mol. The maximum absolute atomic E-state index is 12.2. The number of hydrogen-bond acceptors (Lipinski definition) is 2. The van der Waals surface area contributed by atoms with E-state index in [1.165, 1.54) is 10.5 Å². The van der Waals surface area contributed by atoms with Gasteiger partial charge in [-0.2, -0.15) is 13.2 Å².